The Balaban J connectivity index is 2.46. The lowest BCUT2D eigenvalue weighted by Gasteiger charge is -2.34. The van der Waals surface area contributed by atoms with Crippen LogP contribution in [0.25, 0.3) is 0 Å². The number of fused-ring (bicyclic) bond motifs is 1. The third kappa shape index (κ3) is 2.10. The van der Waals surface area contributed by atoms with Gasteiger partial charge in [0.15, 0.2) is 0 Å². The molecule has 1 unspecified atom stereocenters. The third-order valence-electron chi connectivity index (χ3n) is 3.31. The summed E-state index contributed by atoms with van der Waals surface area (Å²) in [6.45, 7) is 4.30. The molecule has 1 N–H and O–H groups in total. The second-order valence-electron chi connectivity index (χ2n) is 4.57. The summed E-state index contributed by atoms with van der Waals surface area (Å²) in [7, 11) is 0. The minimum absolute atomic E-state index is 0.293. The van der Waals surface area contributed by atoms with Gasteiger partial charge in [-0.05, 0) is 25.0 Å². The van der Waals surface area contributed by atoms with Crippen LogP contribution >= 0.6 is 0 Å². The number of H-pyrrole nitrogens is 1. The van der Waals surface area contributed by atoms with E-state index in [0.717, 1.165) is 17.7 Å². The first-order valence-corrected chi connectivity index (χ1v) is 5.55. The maximum absolute atomic E-state index is 11.5. The van der Waals surface area contributed by atoms with E-state index in [4.69, 9.17) is 4.74 Å². The van der Waals surface area contributed by atoms with Crippen molar-refractivity contribution in [3.8, 4) is 0 Å². The van der Waals surface area contributed by atoms with E-state index in [2.05, 4.69) is 4.98 Å². The SMILES string of the molecule is CCC1(C)Cc2[nH]c(=O)c(C(=O)[O-])cc2CO1. The van der Waals surface area contributed by atoms with Gasteiger partial charge in [-0.15, -0.1) is 0 Å². The van der Waals surface area contributed by atoms with Crippen LogP contribution in [0.4, 0.5) is 0 Å². The van der Waals surface area contributed by atoms with Crippen LogP contribution in [0.15, 0.2) is 10.9 Å². The van der Waals surface area contributed by atoms with E-state index in [1.54, 1.807) is 0 Å². The van der Waals surface area contributed by atoms with Crippen LogP contribution in [-0.2, 0) is 17.8 Å². The molecular formula is C12H14NO4-. The predicted molar refractivity (Wildman–Crippen MR) is 58.6 cm³/mol. The van der Waals surface area contributed by atoms with Crippen LogP contribution in [0.1, 0.15) is 41.9 Å². The Labute approximate surface area is 98.4 Å². The van der Waals surface area contributed by atoms with Gasteiger partial charge in [-0.25, -0.2) is 0 Å². The van der Waals surface area contributed by atoms with E-state index in [0.29, 0.717) is 13.0 Å². The number of carbonyl (C=O) groups is 1. The monoisotopic (exact) mass is 236 g/mol. The Bertz CT molecular complexity index is 520. The maximum atomic E-state index is 11.5. The molecule has 1 aromatic heterocycles. The molecule has 0 spiro atoms. The Morgan fingerprint density at radius 1 is 1.65 bits per heavy atom. The Hall–Kier alpha value is -1.62. The molecule has 1 aromatic rings. The molecule has 0 aliphatic carbocycles. The summed E-state index contributed by atoms with van der Waals surface area (Å²) in [5, 5.41) is 10.7. The lowest BCUT2D eigenvalue weighted by atomic mass is 9.91. The summed E-state index contributed by atoms with van der Waals surface area (Å²) in [5.41, 5.74) is 0.237. The molecule has 0 aromatic carbocycles. The number of hydrogen-bond acceptors (Lipinski definition) is 4. The normalized spacial score (nSPS) is 23.2. The Morgan fingerprint density at radius 3 is 2.94 bits per heavy atom. The number of pyridine rings is 1. The minimum Gasteiger partial charge on any atom is -0.545 e. The Morgan fingerprint density at radius 2 is 2.35 bits per heavy atom. The number of rotatable bonds is 2. The molecule has 1 aliphatic rings. The van der Waals surface area contributed by atoms with E-state index in [9.17, 15) is 14.7 Å². The van der Waals surface area contributed by atoms with Crippen molar-refractivity contribution in [1.29, 1.82) is 0 Å². The lowest BCUT2D eigenvalue weighted by molar-refractivity contribution is -0.255. The average Bonchev–Trinajstić information content (AvgIpc) is 2.27. The first-order valence-electron chi connectivity index (χ1n) is 5.55. The van der Waals surface area contributed by atoms with E-state index < -0.39 is 11.5 Å². The molecule has 0 saturated heterocycles. The molecule has 0 amide bonds. The van der Waals surface area contributed by atoms with Gasteiger partial charge in [0.1, 0.15) is 0 Å². The molecule has 5 heteroatoms. The average molecular weight is 236 g/mol. The van der Waals surface area contributed by atoms with Crippen molar-refractivity contribution in [2.75, 3.05) is 0 Å². The van der Waals surface area contributed by atoms with E-state index in [1.807, 2.05) is 13.8 Å². The predicted octanol–water partition coefficient (Wildman–Crippen LogP) is -0.0202. The van der Waals surface area contributed by atoms with Crippen LogP contribution < -0.4 is 10.7 Å². The number of aromatic carboxylic acids is 1. The zero-order chi connectivity index (χ0) is 12.6. The molecule has 5 nitrogen and oxygen atoms in total. The third-order valence-corrected chi connectivity index (χ3v) is 3.31. The molecule has 0 bridgehead atoms. The Kier molecular flexibility index (Phi) is 2.79. The topological polar surface area (TPSA) is 82.2 Å². The molecule has 0 saturated carbocycles. The van der Waals surface area contributed by atoms with Crippen molar-refractivity contribution in [3.05, 3.63) is 33.2 Å². The summed E-state index contributed by atoms with van der Waals surface area (Å²) in [4.78, 5) is 24.8. The molecule has 17 heavy (non-hydrogen) atoms. The largest absolute Gasteiger partial charge is 0.545 e. The van der Waals surface area contributed by atoms with Crippen molar-refractivity contribution in [2.45, 2.75) is 38.9 Å². The van der Waals surface area contributed by atoms with E-state index in [1.165, 1.54) is 6.07 Å². The second kappa shape index (κ2) is 4.00. The number of carboxylic acid groups (broad SMARTS) is 1. The molecular weight excluding hydrogens is 222 g/mol. The smallest absolute Gasteiger partial charge is 0.257 e. The summed E-state index contributed by atoms with van der Waals surface area (Å²) < 4.78 is 5.68. The van der Waals surface area contributed by atoms with Crippen LogP contribution in [0.5, 0.6) is 0 Å². The zero-order valence-corrected chi connectivity index (χ0v) is 9.83. The van der Waals surface area contributed by atoms with Gasteiger partial charge in [0.05, 0.1) is 23.7 Å². The van der Waals surface area contributed by atoms with Crippen LogP contribution in [0.2, 0.25) is 0 Å². The van der Waals surface area contributed by atoms with Gasteiger partial charge in [-0.2, -0.15) is 0 Å². The fourth-order valence-corrected chi connectivity index (χ4v) is 1.95. The number of carbonyl (C=O) groups excluding carboxylic acids is 1. The van der Waals surface area contributed by atoms with Crippen LogP contribution in [0, 0.1) is 0 Å². The van der Waals surface area contributed by atoms with Crippen molar-refractivity contribution in [3.63, 3.8) is 0 Å². The fraction of sp³-hybridized carbons (Fsp3) is 0.500. The summed E-state index contributed by atoms with van der Waals surface area (Å²) in [6, 6.07) is 1.35. The fourth-order valence-electron chi connectivity index (χ4n) is 1.95. The minimum atomic E-state index is -1.46. The van der Waals surface area contributed by atoms with Gasteiger partial charge in [0.25, 0.3) is 5.56 Å². The van der Waals surface area contributed by atoms with Gasteiger partial charge in [0.2, 0.25) is 0 Å². The lowest BCUT2D eigenvalue weighted by Crippen LogP contribution is -2.38. The number of ether oxygens (including phenoxy) is 1. The number of aromatic nitrogens is 1. The highest BCUT2D eigenvalue weighted by Gasteiger charge is 2.30. The molecule has 92 valence electrons. The highest BCUT2D eigenvalue weighted by atomic mass is 16.5. The number of nitrogens with one attached hydrogen (secondary N) is 1. The summed E-state index contributed by atoms with van der Waals surface area (Å²) in [5.74, 6) is -1.46. The molecule has 1 atom stereocenters. The van der Waals surface area contributed by atoms with E-state index in [-0.39, 0.29) is 11.2 Å². The highest BCUT2D eigenvalue weighted by Crippen LogP contribution is 2.28. The van der Waals surface area contributed by atoms with Crippen molar-refractivity contribution in [2.24, 2.45) is 0 Å². The van der Waals surface area contributed by atoms with Gasteiger partial charge >= 0.3 is 0 Å². The molecule has 0 fully saturated rings. The summed E-state index contributed by atoms with van der Waals surface area (Å²) >= 11 is 0. The second-order valence-corrected chi connectivity index (χ2v) is 4.57. The molecule has 2 heterocycles. The summed E-state index contributed by atoms with van der Waals surface area (Å²) in [6.07, 6.45) is 1.41. The quantitative estimate of drug-likeness (QED) is 0.782. The number of carboxylic acids is 1. The number of hydrogen-bond donors (Lipinski definition) is 1. The molecule has 0 radical (unpaired) electrons. The van der Waals surface area contributed by atoms with Crippen LogP contribution in [-0.4, -0.2) is 16.6 Å². The van der Waals surface area contributed by atoms with Crippen LogP contribution in [0.3, 0.4) is 0 Å². The molecule has 2 rings (SSSR count). The molecule has 1 aliphatic heterocycles. The van der Waals surface area contributed by atoms with Gasteiger partial charge in [-0.1, -0.05) is 6.92 Å². The van der Waals surface area contributed by atoms with Gasteiger partial charge in [0, 0.05) is 12.1 Å². The van der Waals surface area contributed by atoms with Gasteiger partial charge in [-0.3, -0.25) is 4.79 Å². The maximum Gasteiger partial charge on any atom is 0.257 e. The van der Waals surface area contributed by atoms with E-state index >= 15 is 0 Å². The number of aromatic amines is 1. The van der Waals surface area contributed by atoms with Crippen molar-refractivity contribution in [1.82, 2.24) is 4.98 Å². The first-order chi connectivity index (χ1) is 7.95. The first kappa shape index (κ1) is 11.9. The zero-order valence-electron chi connectivity index (χ0n) is 9.83. The van der Waals surface area contributed by atoms with Crippen molar-refractivity contribution < 1.29 is 14.6 Å². The van der Waals surface area contributed by atoms with Gasteiger partial charge < -0.3 is 19.6 Å². The standard InChI is InChI=1S/C12H15NO4/c1-3-12(2)5-9-7(6-17-12)4-8(11(15)16)10(14)13-9/h4H,3,5-6H2,1-2H3,(H,13,14)(H,15,16)/p-1. The van der Waals surface area contributed by atoms with Crippen molar-refractivity contribution >= 4 is 5.97 Å². The highest BCUT2D eigenvalue weighted by molar-refractivity contribution is 5.85.